The molecular formula is C29H30N2O7S. The molecule has 1 amide bonds. The molecule has 0 aliphatic carbocycles. The summed E-state index contributed by atoms with van der Waals surface area (Å²) in [6, 6.07) is 12.5. The molecule has 0 saturated carbocycles. The summed E-state index contributed by atoms with van der Waals surface area (Å²) >= 11 is 0.959. The van der Waals surface area contributed by atoms with Crippen molar-refractivity contribution >= 4 is 39.9 Å². The largest absolute Gasteiger partial charge is 0.507 e. The number of ether oxygens (including phenoxy) is 3. The number of ketones is 1. The van der Waals surface area contributed by atoms with Gasteiger partial charge in [-0.2, -0.15) is 0 Å². The maximum Gasteiger partial charge on any atom is 0.350 e. The Kier molecular flexibility index (Phi) is 8.65. The maximum atomic E-state index is 13.4. The molecule has 1 atom stereocenters. The van der Waals surface area contributed by atoms with E-state index >= 15 is 0 Å². The number of thiazole rings is 1. The minimum Gasteiger partial charge on any atom is -0.507 e. The Balaban J connectivity index is 1.81. The molecule has 9 nitrogen and oxygen atoms in total. The smallest absolute Gasteiger partial charge is 0.350 e. The van der Waals surface area contributed by atoms with Crippen molar-refractivity contribution in [1.29, 1.82) is 0 Å². The summed E-state index contributed by atoms with van der Waals surface area (Å²) in [5, 5.41) is 11.5. The molecule has 0 spiro atoms. The second-order valence-electron chi connectivity index (χ2n) is 8.80. The number of anilines is 1. The molecule has 1 aliphatic rings. The van der Waals surface area contributed by atoms with Crippen LogP contribution < -0.4 is 14.4 Å². The van der Waals surface area contributed by atoms with Crippen LogP contribution in [0.2, 0.25) is 0 Å². The minimum atomic E-state index is -0.989. The van der Waals surface area contributed by atoms with Crippen LogP contribution in [0.4, 0.5) is 5.13 Å². The predicted molar refractivity (Wildman–Crippen MR) is 147 cm³/mol. The van der Waals surface area contributed by atoms with E-state index < -0.39 is 23.7 Å². The van der Waals surface area contributed by atoms with Gasteiger partial charge in [-0.25, -0.2) is 9.78 Å². The topological polar surface area (TPSA) is 115 Å². The number of aromatic nitrogens is 1. The number of methoxy groups -OCH3 is 1. The Labute approximate surface area is 230 Å². The van der Waals surface area contributed by atoms with Crippen LogP contribution in [0.5, 0.6) is 11.5 Å². The summed E-state index contributed by atoms with van der Waals surface area (Å²) in [4.78, 5) is 45.1. The van der Waals surface area contributed by atoms with Crippen molar-refractivity contribution in [2.45, 2.75) is 39.7 Å². The highest BCUT2D eigenvalue weighted by Gasteiger charge is 2.48. The Bertz CT molecular complexity index is 1390. The molecule has 4 rings (SSSR count). The number of benzene rings is 2. The third-order valence-corrected chi connectivity index (χ3v) is 7.36. The number of rotatable bonds is 10. The first-order chi connectivity index (χ1) is 18.8. The number of aryl methyl sites for hydroxylation is 1. The molecule has 2 aromatic carbocycles. The van der Waals surface area contributed by atoms with Crippen molar-refractivity contribution in [3.8, 4) is 11.5 Å². The van der Waals surface area contributed by atoms with Crippen LogP contribution in [0, 0.1) is 6.92 Å². The van der Waals surface area contributed by atoms with Crippen molar-refractivity contribution < 1.29 is 33.7 Å². The van der Waals surface area contributed by atoms with Crippen LogP contribution in [-0.4, -0.2) is 48.1 Å². The Morgan fingerprint density at radius 3 is 2.33 bits per heavy atom. The van der Waals surface area contributed by atoms with E-state index in [0.29, 0.717) is 34.9 Å². The predicted octanol–water partition coefficient (Wildman–Crippen LogP) is 5.44. The minimum absolute atomic E-state index is 0.0876. The summed E-state index contributed by atoms with van der Waals surface area (Å²) in [5.41, 5.74) is 1.20. The fourth-order valence-electron chi connectivity index (χ4n) is 4.20. The fraction of sp³-hybridized carbons (Fsp3) is 0.310. The molecule has 1 fully saturated rings. The summed E-state index contributed by atoms with van der Waals surface area (Å²) in [5.74, 6) is -1.38. The molecule has 0 bridgehead atoms. The Morgan fingerprint density at radius 2 is 1.72 bits per heavy atom. The van der Waals surface area contributed by atoms with Gasteiger partial charge in [-0.3, -0.25) is 14.5 Å². The van der Waals surface area contributed by atoms with Gasteiger partial charge < -0.3 is 19.3 Å². The van der Waals surface area contributed by atoms with E-state index in [0.717, 1.165) is 24.2 Å². The first-order valence-corrected chi connectivity index (χ1v) is 13.4. The number of nitrogens with zero attached hydrogens (tertiary/aromatic N) is 2. The highest BCUT2D eigenvalue weighted by molar-refractivity contribution is 7.17. The zero-order chi connectivity index (χ0) is 28.1. The lowest BCUT2D eigenvalue weighted by Crippen LogP contribution is -2.29. The number of esters is 1. The second-order valence-corrected chi connectivity index (χ2v) is 9.78. The standard InChI is InChI=1S/C29H30N2O7S/c1-5-7-16-38-21-14-10-19(11-15-21)24(32)22-23(18-8-12-20(36-4)13-9-18)31(27(34)25(22)33)29-30-17(3)26(39-29)28(35)37-6-2/h8-15,23,32H,5-7,16H2,1-4H3/b24-22-. The third-order valence-electron chi connectivity index (χ3n) is 6.22. The SMILES string of the molecule is CCCCOc1ccc(/C(O)=C2/C(=O)C(=O)N(c3nc(C)c(C(=O)OCC)s3)C2c2ccc(OC)cc2)cc1. The van der Waals surface area contributed by atoms with Crippen LogP contribution >= 0.6 is 11.3 Å². The highest BCUT2D eigenvalue weighted by atomic mass is 32.1. The van der Waals surface area contributed by atoms with E-state index in [1.165, 1.54) is 12.0 Å². The van der Waals surface area contributed by atoms with Gasteiger partial charge in [-0.05, 0) is 62.2 Å². The van der Waals surface area contributed by atoms with E-state index in [9.17, 15) is 19.5 Å². The molecular weight excluding hydrogens is 520 g/mol. The number of carbonyl (C=O) groups excluding carboxylic acids is 3. The monoisotopic (exact) mass is 550 g/mol. The van der Waals surface area contributed by atoms with Crippen molar-refractivity contribution in [3.63, 3.8) is 0 Å². The van der Waals surface area contributed by atoms with E-state index in [4.69, 9.17) is 14.2 Å². The third kappa shape index (κ3) is 5.65. The number of carbonyl (C=O) groups is 3. The molecule has 0 radical (unpaired) electrons. The van der Waals surface area contributed by atoms with Crippen molar-refractivity contribution in [2.24, 2.45) is 0 Å². The number of aliphatic hydroxyl groups is 1. The van der Waals surface area contributed by atoms with E-state index in [2.05, 4.69) is 11.9 Å². The van der Waals surface area contributed by atoms with Gasteiger partial charge in [0.1, 0.15) is 22.1 Å². The fourth-order valence-corrected chi connectivity index (χ4v) is 5.19. The second kappa shape index (κ2) is 12.1. The lowest BCUT2D eigenvalue weighted by Gasteiger charge is -2.23. The quantitative estimate of drug-likeness (QED) is 0.117. The molecule has 3 aromatic rings. The molecule has 1 N–H and O–H groups in total. The zero-order valence-corrected chi connectivity index (χ0v) is 23.0. The first kappa shape index (κ1) is 27.8. The van der Waals surface area contributed by atoms with Gasteiger partial charge in [0, 0.05) is 5.56 Å². The number of hydrogen-bond donors (Lipinski definition) is 1. The van der Waals surface area contributed by atoms with Crippen molar-refractivity contribution in [3.05, 3.63) is 75.8 Å². The van der Waals surface area contributed by atoms with Crippen LogP contribution in [-0.2, 0) is 14.3 Å². The van der Waals surface area contributed by atoms with Gasteiger partial charge in [0.2, 0.25) is 0 Å². The van der Waals surface area contributed by atoms with E-state index in [-0.39, 0.29) is 27.9 Å². The molecule has 1 aliphatic heterocycles. The number of amides is 1. The number of hydrogen-bond acceptors (Lipinski definition) is 9. The average molecular weight is 551 g/mol. The molecule has 10 heteroatoms. The Hall–Kier alpha value is -4.18. The van der Waals surface area contributed by atoms with E-state index in [1.807, 2.05) is 0 Å². The van der Waals surface area contributed by atoms with Crippen molar-refractivity contribution in [1.82, 2.24) is 4.98 Å². The van der Waals surface area contributed by atoms with Gasteiger partial charge in [0.15, 0.2) is 5.13 Å². The van der Waals surface area contributed by atoms with Crippen LogP contribution in [0.3, 0.4) is 0 Å². The van der Waals surface area contributed by atoms with Gasteiger partial charge in [0.25, 0.3) is 5.78 Å². The molecule has 204 valence electrons. The summed E-state index contributed by atoms with van der Waals surface area (Å²) in [7, 11) is 1.53. The molecule has 2 heterocycles. The number of aliphatic hydroxyl groups excluding tert-OH is 1. The van der Waals surface area contributed by atoms with Crippen LogP contribution in [0.1, 0.15) is 59.2 Å². The molecule has 1 aromatic heterocycles. The molecule has 1 unspecified atom stereocenters. The van der Waals surface area contributed by atoms with E-state index in [1.54, 1.807) is 62.4 Å². The van der Waals surface area contributed by atoms with Gasteiger partial charge >= 0.3 is 11.9 Å². The highest BCUT2D eigenvalue weighted by Crippen LogP contribution is 2.44. The summed E-state index contributed by atoms with van der Waals surface area (Å²) in [6.07, 6.45) is 1.92. The Morgan fingerprint density at radius 1 is 1.05 bits per heavy atom. The van der Waals surface area contributed by atoms with Gasteiger partial charge in [-0.1, -0.05) is 36.8 Å². The van der Waals surface area contributed by atoms with Gasteiger partial charge in [-0.15, -0.1) is 0 Å². The number of Topliss-reactive ketones (excluding diaryl/α,β-unsaturated/α-hetero) is 1. The molecule has 39 heavy (non-hydrogen) atoms. The average Bonchev–Trinajstić information content (AvgIpc) is 3.45. The summed E-state index contributed by atoms with van der Waals surface area (Å²) < 4.78 is 16.1. The maximum absolute atomic E-state index is 13.4. The first-order valence-electron chi connectivity index (χ1n) is 12.6. The lowest BCUT2D eigenvalue weighted by atomic mass is 9.95. The summed E-state index contributed by atoms with van der Waals surface area (Å²) in [6.45, 7) is 6.16. The van der Waals surface area contributed by atoms with Gasteiger partial charge in [0.05, 0.1) is 37.6 Å². The van der Waals surface area contributed by atoms with Crippen LogP contribution in [0.25, 0.3) is 5.76 Å². The molecule has 1 saturated heterocycles. The zero-order valence-electron chi connectivity index (χ0n) is 22.2. The lowest BCUT2D eigenvalue weighted by molar-refractivity contribution is -0.132. The van der Waals surface area contributed by atoms with Crippen molar-refractivity contribution in [2.75, 3.05) is 25.2 Å². The normalized spacial score (nSPS) is 16.4. The van der Waals surface area contributed by atoms with Crippen LogP contribution in [0.15, 0.2) is 54.1 Å². The number of unbranched alkanes of at least 4 members (excludes halogenated alkanes) is 1.